The van der Waals surface area contributed by atoms with Crippen LogP contribution in [0.25, 0.3) is 0 Å². The van der Waals surface area contributed by atoms with Crippen LogP contribution in [0.15, 0.2) is 0 Å². The van der Waals surface area contributed by atoms with E-state index in [0.29, 0.717) is 19.3 Å². The fraction of sp³-hybridized carbons (Fsp3) is 0.951. The van der Waals surface area contributed by atoms with Crippen molar-refractivity contribution in [2.75, 3.05) is 13.2 Å². The van der Waals surface area contributed by atoms with Gasteiger partial charge in [-0.1, -0.05) is 304 Å². The first-order valence-corrected chi connectivity index (χ1v) is 30.2. The highest BCUT2D eigenvalue weighted by molar-refractivity contribution is 5.71. The van der Waals surface area contributed by atoms with Crippen molar-refractivity contribution in [1.29, 1.82) is 0 Å². The monoisotopic (exact) mass is 947 g/mol. The standard InChI is InChI=1S/C61H118O6/c1-6-7-8-9-10-11-12-26-33-38-43-48-53-61(64)67-58(55-66-60(63)52-47-42-37-32-28-23-19-21-25-30-35-40-45-50-57(4)5)54-65-59(62)51-46-41-36-31-27-22-18-16-14-13-15-17-20-24-29-34-39-44-49-56(2)3/h56-58H,6-55H2,1-5H3/t58-/m0/s1. The third-order valence-electron chi connectivity index (χ3n) is 14.0. The third-order valence-corrected chi connectivity index (χ3v) is 14.0. The van der Waals surface area contributed by atoms with Crippen molar-refractivity contribution in [1.82, 2.24) is 0 Å². The van der Waals surface area contributed by atoms with E-state index in [1.807, 2.05) is 0 Å². The molecular weight excluding hydrogens is 829 g/mol. The first-order valence-electron chi connectivity index (χ1n) is 30.2. The van der Waals surface area contributed by atoms with Gasteiger partial charge in [0, 0.05) is 19.3 Å². The summed E-state index contributed by atoms with van der Waals surface area (Å²) in [4.78, 5) is 38.2. The molecule has 0 aliphatic rings. The molecule has 0 saturated carbocycles. The first kappa shape index (κ1) is 65.4. The summed E-state index contributed by atoms with van der Waals surface area (Å²) in [6.45, 7) is 11.4. The van der Waals surface area contributed by atoms with Crippen molar-refractivity contribution in [3.05, 3.63) is 0 Å². The summed E-state index contributed by atoms with van der Waals surface area (Å²) < 4.78 is 16.9. The van der Waals surface area contributed by atoms with Crippen molar-refractivity contribution in [2.45, 2.75) is 349 Å². The van der Waals surface area contributed by atoms with Crippen LogP contribution in [0.5, 0.6) is 0 Å². The van der Waals surface area contributed by atoms with Crippen LogP contribution in [0.2, 0.25) is 0 Å². The number of rotatable bonds is 55. The Balaban J connectivity index is 4.22. The summed E-state index contributed by atoms with van der Waals surface area (Å²) in [5, 5.41) is 0. The number of carbonyl (C=O) groups is 3. The summed E-state index contributed by atoms with van der Waals surface area (Å²) >= 11 is 0. The maximum Gasteiger partial charge on any atom is 0.306 e. The van der Waals surface area contributed by atoms with Gasteiger partial charge in [0.2, 0.25) is 0 Å². The molecule has 0 heterocycles. The van der Waals surface area contributed by atoms with Crippen LogP contribution < -0.4 is 0 Å². The Morgan fingerprint density at radius 1 is 0.284 bits per heavy atom. The topological polar surface area (TPSA) is 78.9 Å². The van der Waals surface area contributed by atoms with Gasteiger partial charge in [-0.05, 0) is 31.1 Å². The summed E-state index contributed by atoms with van der Waals surface area (Å²) in [6.07, 6.45) is 58.1. The second-order valence-electron chi connectivity index (χ2n) is 21.9. The number of carbonyl (C=O) groups excluding carboxylic acids is 3. The molecule has 0 radical (unpaired) electrons. The molecule has 398 valence electrons. The molecule has 0 aromatic carbocycles. The lowest BCUT2D eigenvalue weighted by Crippen LogP contribution is -2.30. The molecule has 0 amide bonds. The lowest BCUT2D eigenvalue weighted by Gasteiger charge is -2.18. The molecule has 0 aliphatic heterocycles. The number of ether oxygens (including phenoxy) is 3. The SMILES string of the molecule is CCCCCCCCCCCCCCC(=O)O[C@@H](COC(=O)CCCCCCCCCCCCCCCCCCCCC(C)C)COC(=O)CCCCCCCCCCCCCCCC(C)C. The molecule has 0 saturated heterocycles. The number of hydrogen-bond acceptors (Lipinski definition) is 6. The van der Waals surface area contributed by atoms with E-state index in [9.17, 15) is 14.4 Å². The van der Waals surface area contributed by atoms with E-state index in [1.54, 1.807) is 0 Å². The highest BCUT2D eigenvalue weighted by atomic mass is 16.6. The first-order chi connectivity index (χ1) is 32.7. The summed E-state index contributed by atoms with van der Waals surface area (Å²) in [6, 6.07) is 0. The van der Waals surface area contributed by atoms with Gasteiger partial charge in [-0.25, -0.2) is 0 Å². The molecular formula is C61H118O6. The van der Waals surface area contributed by atoms with Crippen LogP contribution in [0, 0.1) is 11.8 Å². The minimum Gasteiger partial charge on any atom is -0.462 e. The maximum absolute atomic E-state index is 12.8. The Morgan fingerprint density at radius 2 is 0.493 bits per heavy atom. The van der Waals surface area contributed by atoms with Crippen LogP contribution in [-0.2, 0) is 28.6 Å². The van der Waals surface area contributed by atoms with Gasteiger partial charge < -0.3 is 14.2 Å². The molecule has 0 fully saturated rings. The number of unbranched alkanes of at least 4 members (excludes halogenated alkanes) is 40. The Kier molecular flexibility index (Phi) is 52.5. The quantitative estimate of drug-likeness (QED) is 0.0343. The fourth-order valence-corrected chi connectivity index (χ4v) is 9.40. The zero-order valence-corrected chi connectivity index (χ0v) is 46.0. The smallest absolute Gasteiger partial charge is 0.306 e. The minimum atomic E-state index is -0.762. The Bertz CT molecular complexity index is 1020. The largest absolute Gasteiger partial charge is 0.462 e. The second kappa shape index (κ2) is 53.8. The van der Waals surface area contributed by atoms with Crippen molar-refractivity contribution >= 4 is 17.9 Å². The molecule has 0 bridgehead atoms. The molecule has 0 unspecified atom stereocenters. The van der Waals surface area contributed by atoms with Crippen LogP contribution in [0.3, 0.4) is 0 Å². The van der Waals surface area contributed by atoms with E-state index in [1.165, 1.54) is 231 Å². The van der Waals surface area contributed by atoms with Crippen LogP contribution in [0.1, 0.15) is 343 Å². The van der Waals surface area contributed by atoms with Crippen LogP contribution in [-0.4, -0.2) is 37.2 Å². The molecule has 0 spiro atoms. The lowest BCUT2D eigenvalue weighted by atomic mass is 10.0. The zero-order chi connectivity index (χ0) is 48.9. The van der Waals surface area contributed by atoms with Crippen molar-refractivity contribution in [3.8, 4) is 0 Å². The maximum atomic E-state index is 12.8. The molecule has 67 heavy (non-hydrogen) atoms. The van der Waals surface area contributed by atoms with Gasteiger partial charge >= 0.3 is 17.9 Å². The van der Waals surface area contributed by atoms with Crippen molar-refractivity contribution in [3.63, 3.8) is 0 Å². The normalized spacial score (nSPS) is 12.0. The van der Waals surface area contributed by atoms with Crippen molar-refractivity contribution in [2.24, 2.45) is 11.8 Å². The predicted octanol–water partition coefficient (Wildman–Crippen LogP) is 20.0. The Morgan fingerprint density at radius 3 is 0.731 bits per heavy atom. The molecule has 6 heteroatoms. The zero-order valence-electron chi connectivity index (χ0n) is 46.0. The average Bonchev–Trinajstić information content (AvgIpc) is 3.30. The van der Waals surface area contributed by atoms with Gasteiger partial charge in [0.25, 0.3) is 0 Å². The average molecular weight is 948 g/mol. The van der Waals surface area contributed by atoms with E-state index >= 15 is 0 Å². The lowest BCUT2D eigenvalue weighted by molar-refractivity contribution is -0.167. The van der Waals surface area contributed by atoms with Gasteiger partial charge in [-0.15, -0.1) is 0 Å². The van der Waals surface area contributed by atoms with Gasteiger partial charge in [-0.2, -0.15) is 0 Å². The van der Waals surface area contributed by atoms with E-state index in [2.05, 4.69) is 34.6 Å². The van der Waals surface area contributed by atoms with Gasteiger partial charge in [0.1, 0.15) is 13.2 Å². The minimum absolute atomic E-state index is 0.0622. The molecule has 0 aromatic rings. The molecule has 1 atom stereocenters. The van der Waals surface area contributed by atoms with Crippen molar-refractivity contribution < 1.29 is 28.6 Å². The highest BCUT2D eigenvalue weighted by Crippen LogP contribution is 2.18. The number of hydrogen-bond donors (Lipinski definition) is 0. The molecule has 0 rings (SSSR count). The van der Waals surface area contributed by atoms with Gasteiger partial charge in [0.05, 0.1) is 0 Å². The summed E-state index contributed by atoms with van der Waals surface area (Å²) in [7, 11) is 0. The predicted molar refractivity (Wildman–Crippen MR) is 289 cm³/mol. The second-order valence-corrected chi connectivity index (χ2v) is 21.9. The van der Waals surface area contributed by atoms with Crippen LogP contribution >= 0.6 is 0 Å². The Labute approximate surface area is 418 Å². The summed E-state index contributed by atoms with van der Waals surface area (Å²) in [5.41, 5.74) is 0. The summed E-state index contributed by atoms with van der Waals surface area (Å²) in [5.74, 6) is 0.863. The molecule has 0 aromatic heterocycles. The van der Waals surface area contributed by atoms with E-state index in [0.717, 1.165) is 69.6 Å². The Hall–Kier alpha value is -1.59. The van der Waals surface area contributed by atoms with E-state index in [4.69, 9.17) is 14.2 Å². The van der Waals surface area contributed by atoms with E-state index < -0.39 is 6.10 Å². The molecule has 6 nitrogen and oxygen atoms in total. The fourth-order valence-electron chi connectivity index (χ4n) is 9.40. The van der Waals surface area contributed by atoms with Gasteiger partial charge in [0.15, 0.2) is 6.10 Å². The highest BCUT2D eigenvalue weighted by Gasteiger charge is 2.19. The van der Waals surface area contributed by atoms with Crippen LogP contribution in [0.4, 0.5) is 0 Å². The van der Waals surface area contributed by atoms with Gasteiger partial charge in [-0.3, -0.25) is 14.4 Å². The molecule has 0 N–H and O–H groups in total. The number of esters is 3. The third kappa shape index (κ3) is 55.2. The molecule has 0 aliphatic carbocycles. The van der Waals surface area contributed by atoms with E-state index in [-0.39, 0.29) is 31.1 Å².